The van der Waals surface area contributed by atoms with Gasteiger partial charge in [-0.2, -0.15) is 0 Å². The average Bonchev–Trinajstić information content (AvgIpc) is 3.78. The van der Waals surface area contributed by atoms with Crippen LogP contribution in [0.5, 0.6) is 0 Å². The Morgan fingerprint density at radius 2 is 0.432 bits per heavy atom. The smallest absolute Gasteiger partial charge is 1.00 e. The number of halogens is 6. The van der Waals surface area contributed by atoms with E-state index in [1.54, 1.807) is 190 Å². The third-order valence-electron chi connectivity index (χ3n) is 9.36. The average molecular weight is 1180 g/mol. The number of alkyl halides is 4. The van der Waals surface area contributed by atoms with Crippen molar-refractivity contribution in [3.63, 3.8) is 0 Å². The van der Waals surface area contributed by atoms with Crippen molar-refractivity contribution in [2.75, 3.05) is 84.6 Å². The first-order valence-corrected chi connectivity index (χ1v) is 27.9. The standard InChI is InChI=1S/2C15H30P2.2CH2Cl2.2Au.2ClH/c2*1(2-4-10-16-12-6-7-13-16)3-5-11-17-14-8-9-15-17;2*2-1-3;;;;/h2*1-15H2;2*1H2;;;2*1H/q;;;;2*+1;;/p+2. The maximum atomic E-state index is 4.76. The van der Waals surface area contributed by atoms with Gasteiger partial charge in [-0.25, -0.2) is 0 Å². The van der Waals surface area contributed by atoms with Gasteiger partial charge in [-0.3, -0.25) is 0 Å². The summed E-state index contributed by atoms with van der Waals surface area (Å²) in [5.41, 5.74) is 0. The Labute approximate surface area is 344 Å². The zero-order valence-electron chi connectivity index (χ0n) is 27.5. The quantitative estimate of drug-likeness (QED) is 0.0696. The summed E-state index contributed by atoms with van der Waals surface area (Å²) in [5, 5.41) is 0.389. The second-order valence-electron chi connectivity index (χ2n) is 12.6. The molecule has 0 saturated carbocycles. The minimum atomic E-state index is 0. The van der Waals surface area contributed by atoms with Gasteiger partial charge < -0.3 is 24.8 Å². The second-order valence-corrected chi connectivity index (χ2v) is 26.2. The first-order valence-electron chi connectivity index (χ1n) is 17.3. The van der Waals surface area contributed by atoms with Crippen molar-refractivity contribution in [3.8, 4) is 0 Å². The fraction of sp³-hybridized carbons (Fsp3) is 1.00. The summed E-state index contributed by atoms with van der Waals surface area (Å²) >= 11 is 19.1. The van der Waals surface area contributed by atoms with Gasteiger partial charge in [-0.15, -0.1) is 46.4 Å². The van der Waals surface area contributed by atoms with Crippen molar-refractivity contribution in [3.05, 3.63) is 0 Å². The van der Waals surface area contributed by atoms with Crippen LogP contribution in [0, 0.1) is 0 Å². The molecule has 4 aliphatic heterocycles. The molecular weight excluding hydrogens is 1110 g/mol. The Bertz CT molecular complexity index is 427. The molecule has 4 aliphatic rings. The molecule has 276 valence electrons. The first kappa shape index (κ1) is 55.7. The van der Waals surface area contributed by atoms with Crippen molar-refractivity contribution in [1.82, 2.24) is 0 Å². The maximum Gasteiger partial charge on any atom is 1.00 e. The normalized spacial score (nSPS) is 18.3. The van der Waals surface area contributed by atoms with Gasteiger partial charge in [-0.1, -0.05) is 12.8 Å². The van der Waals surface area contributed by atoms with E-state index in [1.165, 1.54) is 0 Å². The van der Waals surface area contributed by atoms with E-state index in [4.69, 9.17) is 46.4 Å². The van der Waals surface area contributed by atoms with Crippen molar-refractivity contribution >= 4 is 78.1 Å². The van der Waals surface area contributed by atoms with Crippen molar-refractivity contribution < 1.29 is 69.6 Å². The summed E-state index contributed by atoms with van der Waals surface area (Å²) in [5.74, 6) is 0. The van der Waals surface area contributed by atoms with Gasteiger partial charge in [0.15, 0.2) is 0 Å². The van der Waals surface area contributed by atoms with E-state index in [-0.39, 0.29) is 112 Å². The Morgan fingerprint density at radius 1 is 0.295 bits per heavy atom. The monoisotopic (exact) mass is 1180 g/mol. The molecule has 12 heteroatoms. The number of hydrogen-bond acceptors (Lipinski definition) is 0. The Balaban J connectivity index is -0.000000286. The third kappa shape index (κ3) is 35.3. The van der Waals surface area contributed by atoms with Gasteiger partial charge in [0.25, 0.3) is 0 Å². The largest absolute Gasteiger partial charge is 1.00 e. The molecule has 0 nitrogen and oxygen atoms in total. The van der Waals surface area contributed by atoms with E-state index < -0.39 is 0 Å². The molecule has 0 aromatic heterocycles. The van der Waals surface area contributed by atoms with Crippen LogP contribution in [0.25, 0.3) is 0 Å². The van der Waals surface area contributed by atoms with Crippen molar-refractivity contribution in [2.24, 2.45) is 0 Å². The van der Waals surface area contributed by atoms with Crippen LogP contribution in [0.1, 0.15) is 116 Å². The molecular formula is C32H68Au2Cl6P4+4. The van der Waals surface area contributed by atoms with Gasteiger partial charge in [0.2, 0.25) is 0 Å². The number of hydrogen-bond donors (Lipinski definition) is 0. The van der Waals surface area contributed by atoms with Crippen LogP contribution in [0.2, 0.25) is 0 Å². The second kappa shape index (κ2) is 44.1. The summed E-state index contributed by atoms with van der Waals surface area (Å²) in [6.45, 7) is 0. The molecule has 0 bridgehead atoms. The maximum absolute atomic E-state index is 4.76. The molecule has 4 saturated heterocycles. The molecule has 0 radical (unpaired) electrons. The van der Waals surface area contributed by atoms with E-state index >= 15 is 0 Å². The van der Waals surface area contributed by atoms with Crippen LogP contribution in [-0.2, 0) is 44.8 Å². The van der Waals surface area contributed by atoms with E-state index in [0.29, 0.717) is 0 Å². The van der Waals surface area contributed by atoms with Crippen LogP contribution >= 0.6 is 78.1 Å². The Hall–Kier alpha value is 4.94. The van der Waals surface area contributed by atoms with Gasteiger partial charge in [0, 0.05) is 31.7 Å². The zero-order chi connectivity index (χ0) is 28.9. The topological polar surface area (TPSA) is 0 Å². The van der Waals surface area contributed by atoms with Gasteiger partial charge in [-0.05, 0) is 103 Å². The Kier molecular flexibility index (Phi) is 55.8. The first-order chi connectivity index (χ1) is 19.7. The molecule has 44 heavy (non-hydrogen) atoms. The van der Waals surface area contributed by atoms with Gasteiger partial charge in [0.1, 0.15) is 0 Å². The third-order valence-corrected chi connectivity index (χ3v) is 22.1. The summed E-state index contributed by atoms with van der Waals surface area (Å²) < 4.78 is 0. The van der Waals surface area contributed by atoms with Gasteiger partial charge >= 0.3 is 44.8 Å². The summed E-state index contributed by atoms with van der Waals surface area (Å²) in [4.78, 5) is 0. The molecule has 4 rings (SSSR count). The van der Waals surface area contributed by atoms with Crippen LogP contribution in [0.4, 0.5) is 0 Å². The van der Waals surface area contributed by atoms with E-state index in [2.05, 4.69) is 0 Å². The fourth-order valence-electron chi connectivity index (χ4n) is 7.06. The van der Waals surface area contributed by atoms with Crippen LogP contribution < -0.4 is 24.8 Å². The van der Waals surface area contributed by atoms with Crippen LogP contribution in [-0.4, -0.2) is 84.6 Å². The summed E-state index contributed by atoms with van der Waals surface area (Å²) in [7, 11) is 0.750. The van der Waals surface area contributed by atoms with Crippen LogP contribution in [0.3, 0.4) is 0 Å². The molecule has 0 amide bonds. The van der Waals surface area contributed by atoms with Gasteiger partial charge in [0.05, 0.1) is 84.6 Å². The summed E-state index contributed by atoms with van der Waals surface area (Å²) in [6, 6.07) is 0. The summed E-state index contributed by atoms with van der Waals surface area (Å²) in [6.07, 6.45) is 48.0. The van der Waals surface area contributed by atoms with Crippen LogP contribution in [0.15, 0.2) is 0 Å². The van der Waals surface area contributed by atoms with E-state index in [1.807, 2.05) is 0 Å². The molecule has 4 fully saturated rings. The van der Waals surface area contributed by atoms with Crippen molar-refractivity contribution in [1.29, 1.82) is 0 Å². The minimum absolute atomic E-state index is 0. The molecule has 0 aromatic carbocycles. The number of rotatable bonds is 16. The predicted molar refractivity (Wildman–Crippen MR) is 208 cm³/mol. The van der Waals surface area contributed by atoms with Crippen molar-refractivity contribution in [2.45, 2.75) is 116 Å². The molecule has 4 heterocycles. The molecule has 0 atom stereocenters. The molecule has 0 spiro atoms. The molecule has 0 N–H and O–H groups in total. The van der Waals surface area contributed by atoms with E-state index in [0.717, 1.165) is 0 Å². The van der Waals surface area contributed by atoms with E-state index in [9.17, 15) is 0 Å². The Morgan fingerprint density at radius 3 is 0.591 bits per heavy atom. The minimum Gasteiger partial charge on any atom is -1.00 e. The SMILES string of the molecule is C(CCC[PH+]1CCCC1)CCC[PH+]1CCCC1.C(CCC[PH+]1CCCC1)CCC[PH+]1CCCC1.ClCCl.ClCCl.[Au+].[Au+].[Cl-].[Cl-]. The number of unbranched alkanes of at least 4 members (excludes halogenated alkanes) is 8. The zero-order valence-corrected chi connectivity index (χ0v) is 40.4. The molecule has 0 aliphatic carbocycles. The molecule has 0 unspecified atom stereocenters. The fourth-order valence-corrected chi connectivity index (χ4v) is 19.1. The molecule has 0 aromatic rings. The predicted octanol–water partition coefficient (Wildman–Crippen LogP) is 6.75.